The van der Waals surface area contributed by atoms with E-state index in [1.807, 2.05) is 24.9 Å². The molecule has 0 amide bonds. The molecule has 2 rings (SSSR count). The molecule has 0 saturated carbocycles. The molecule has 2 heterocycles. The molecule has 0 spiro atoms. The zero-order chi connectivity index (χ0) is 15.4. The quantitative estimate of drug-likeness (QED) is 0.885. The highest BCUT2D eigenvalue weighted by Gasteiger charge is 2.22. The first kappa shape index (κ1) is 15.4. The molecule has 114 valence electrons. The number of aryl methyl sites for hydroxylation is 3. The highest BCUT2D eigenvalue weighted by Crippen LogP contribution is 2.26. The second-order valence-electron chi connectivity index (χ2n) is 5.65. The van der Waals surface area contributed by atoms with Gasteiger partial charge in [0.1, 0.15) is 23.8 Å². The minimum atomic E-state index is 0.0717. The molecule has 0 aliphatic rings. The van der Waals surface area contributed by atoms with Gasteiger partial charge in [0, 0.05) is 18.8 Å². The number of aromatic nitrogens is 5. The largest absolute Gasteiger partial charge is 0.359 e. The topological polar surface area (TPSA) is 68.5 Å². The van der Waals surface area contributed by atoms with Crippen LogP contribution in [-0.4, -0.2) is 24.7 Å². The van der Waals surface area contributed by atoms with Gasteiger partial charge < -0.3 is 5.32 Å². The van der Waals surface area contributed by atoms with Crippen LogP contribution in [0.1, 0.15) is 50.4 Å². The predicted octanol–water partition coefficient (Wildman–Crippen LogP) is 2.68. The molecule has 2 aromatic heterocycles. The van der Waals surface area contributed by atoms with Crippen molar-refractivity contribution < 1.29 is 0 Å². The fraction of sp³-hybridized carbons (Fsp3) is 0.600. The Labute approximate surface area is 126 Å². The van der Waals surface area contributed by atoms with Gasteiger partial charge in [0.25, 0.3) is 0 Å². The van der Waals surface area contributed by atoms with Gasteiger partial charge in [0.05, 0.1) is 6.04 Å². The Bertz CT molecular complexity index is 590. The van der Waals surface area contributed by atoms with Crippen LogP contribution in [0.25, 0.3) is 0 Å². The average Bonchev–Trinajstić information content (AvgIpc) is 2.84. The fourth-order valence-electron chi connectivity index (χ4n) is 2.34. The van der Waals surface area contributed by atoms with Crippen molar-refractivity contribution >= 4 is 5.82 Å². The maximum atomic E-state index is 4.57. The van der Waals surface area contributed by atoms with Crippen molar-refractivity contribution in [3.05, 3.63) is 29.7 Å². The third-order valence-electron chi connectivity index (χ3n) is 3.49. The van der Waals surface area contributed by atoms with E-state index >= 15 is 0 Å². The number of anilines is 1. The molecule has 0 fully saturated rings. The summed E-state index contributed by atoms with van der Waals surface area (Å²) in [7, 11) is 1.91. The van der Waals surface area contributed by atoms with E-state index < -0.39 is 0 Å². The molecule has 0 saturated heterocycles. The van der Waals surface area contributed by atoms with Crippen molar-refractivity contribution in [2.75, 3.05) is 5.32 Å². The number of hydrogen-bond donors (Lipinski definition) is 1. The lowest BCUT2D eigenvalue weighted by atomic mass is 10.0. The molecule has 0 bridgehead atoms. The Morgan fingerprint density at radius 2 is 2.05 bits per heavy atom. The first-order chi connectivity index (χ1) is 10.0. The van der Waals surface area contributed by atoms with Crippen LogP contribution in [0, 0.1) is 12.8 Å². The summed E-state index contributed by atoms with van der Waals surface area (Å²) in [5, 5.41) is 7.71. The third-order valence-corrected chi connectivity index (χ3v) is 3.49. The number of rotatable bonds is 6. The highest BCUT2D eigenvalue weighted by atomic mass is 15.3. The number of nitrogens with one attached hydrogen (secondary N) is 1. The van der Waals surface area contributed by atoms with Crippen LogP contribution in [0.15, 0.2) is 12.5 Å². The fourth-order valence-corrected chi connectivity index (χ4v) is 2.34. The van der Waals surface area contributed by atoms with Crippen LogP contribution in [0.3, 0.4) is 0 Å². The molecule has 21 heavy (non-hydrogen) atoms. The Balaban J connectivity index is 2.33. The number of nitrogens with zero attached hydrogens (tertiary/aromatic N) is 5. The second-order valence-corrected chi connectivity index (χ2v) is 5.65. The summed E-state index contributed by atoms with van der Waals surface area (Å²) >= 11 is 0. The molecule has 2 aromatic rings. The molecule has 0 aliphatic carbocycles. The van der Waals surface area contributed by atoms with Gasteiger partial charge >= 0.3 is 0 Å². The smallest absolute Gasteiger partial charge is 0.149 e. The molecule has 1 atom stereocenters. The first-order valence-electron chi connectivity index (χ1n) is 7.45. The molecule has 0 aliphatic heterocycles. The van der Waals surface area contributed by atoms with Gasteiger partial charge in [-0.3, -0.25) is 4.68 Å². The van der Waals surface area contributed by atoms with Crippen LogP contribution >= 0.6 is 0 Å². The van der Waals surface area contributed by atoms with Crippen molar-refractivity contribution in [2.24, 2.45) is 13.0 Å². The van der Waals surface area contributed by atoms with E-state index in [0.717, 1.165) is 35.9 Å². The van der Waals surface area contributed by atoms with Crippen molar-refractivity contribution in [2.45, 2.75) is 46.6 Å². The average molecular weight is 288 g/mol. The monoisotopic (exact) mass is 288 g/mol. The van der Waals surface area contributed by atoms with E-state index in [9.17, 15) is 0 Å². The van der Waals surface area contributed by atoms with Gasteiger partial charge in [-0.1, -0.05) is 27.2 Å². The lowest BCUT2D eigenvalue weighted by molar-refractivity contribution is 0.496. The van der Waals surface area contributed by atoms with Crippen LogP contribution in [0.4, 0.5) is 5.82 Å². The predicted molar refractivity (Wildman–Crippen MR) is 83.0 cm³/mol. The van der Waals surface area contributed by atoms with E-state index in [4.69, 9.17) is 0 Å². The summed E-state index contributed by atoms with van der Waals surface area (Å²) in [5.41, 5.74) is 1.15. The zero-order valence-electron chi connectivity index (χ0n) is 13.5. The summed E-state index contributed by atoms with van der Waals surface area (Å²) in [4.78, 5) is 13.3. The van der Waals surface area contributed by atoms with E-state index in [2.05, 4.69) is 46.1 Å². The first-order valence-corrected chi connectivity index (χ1v) is 7.45. The molecule has 6 heteroatoms. The van der Waals surface area contributed by atoms with Gasteiger partial charge in [-0.25, -0.2) is 15.0 Å². The van der Waals surface area contributed by atoms with E-state index in [-0.39, 0.29) is 6.04 Å². The van der Waals surface area contributed by atoms with Crippen LogP contribution in [0.5, 0.6) is 0 Å². The van der Waals surface area contributed by atoms with Crippen molar-refractivity contribution in [3.8, 4) is 0 Å². The Kier molecular flexibility index (Phi) is 4.88. The summed E-state index contributed by atoms with van der Waals surface area (Å²) in [6, 6.07) is 0.0717. The van der Waals surface area contributed by atoms with E-state index in [0.29, 0.717) is 5.92 Å². The van der Waals surface area contributed by atoms with Gasteiger partial charge in [-0.2, -0.15) is 5.10 Å². The van der Waals surface area contributed by atoms with E-state index in [1.165, 1.54) is 0 Å². The van der Waals surface area contributed by atoms with Gasteiger partial charge in [-0.05, 0) is 19.3 Å². The van der Waals surface area contributed by atoms with Crippen LogP contribution < -0.4 is 5.32 Å². The van der Waals surface area contributed by atoms with Crippen molar-refractivity contribution in [1.82, 2.24) is 24.7 Å². The van der Waals surface area contributed by atoms with Crippen molar-refractivity contribution in [3.63, 3.8) is 0 Å². The summed E-state index contributed by atoms with van der Waals surface area (Å²) in [6.45, 7) is 8.40. The van der Waals surface area contributed by atoms with Gasteiger partial charge in [0.15, 0.2) is 0 Å². The molecular weight excluding hydrogens is 264 g/mol. The van der Waals surface area contributed by atoms with Crippen molar-refractivity contribution in [1.29, 1.82) is 0 Å². The van der Waals surface area contributed by atoms with Crippen LogP contribution in [0.2, 0.25) is 0 Å². The van der Waals surface area contributed by atoms with Gasteiger partial charge in [0.2, 0.25) is 0 Å². The Morgan fingerprint density at radius 3 is 2.62 bits per heavy atom. The molecular formula is C15H24N6. The molecule has 0 aromatic carbocycles. The molecule has 0 radical (unpaired) electrons. The molecule has 1 unspecified atom stereocenters. The van der Waals surface area contributed by atoms with Gasteiger partial charge in [-0.15, -0.1) is 0 Å². The summed E-state index contributed by atoms with van der Waals surface area (Å²) in [6.07, 6.45) is 5.54. The lowest BCUT2D eigenvalue weighted by Gasteiger charge is -2.23. The zero-order valence-corrected chi connectivity index (χ0v) is 13.5. The van der Waals surface area contributed by atoms with E-state index in [1.54, 1.807) is 6.33 Å². The second kappa shape index (κ2) is 6.65. The molecule has 6 nitrogen and oxygen atoms in total. The summed E-state index contributed by atoms with van der Waals surface area (Å²) in [5.74, 6) is 2.98. The minimum absolute atomic E-state index is 0.0717. The maximum Gasteiger partial charge on any atom is 0.149 e. The SMILES string of the molecule is CCCc1cnc(C)nc1NC(c1ncnn1C)C(C)C. The molecule has 1 N–H and O–H groups in total. The maximum absolute atomic E-state index is 4.57. The normalized spacial score (nSPS) is 12.7. The third kappa shape index (κ3) is 3.56. The number of hydrogen-bond acceptors (Lipinski definition) is 5. The Hall–Kier alpha value is -1.98. The highest BCUT2D eigenvalue weighted by molar-refractivity contribution is 5.44. The minimum Gasteiger partial charge on any atom is -0.359 e. The Morgan fingerprint density at radius 1 is 1.29 bits per heavy atom. The lowest BCUT2D eigenvalue weighted by Crippen LogP contribution is -2.22. The van der Waals surface area contributed by atoms with Crippen LogP contribution in [-0.2, 0) is 13.5 Å². The standard InChI is InChI=1S/C15H24N6/c1-6-7-12-8-16-11(4)19-14(12)20-13(10(2)3)15-17-9-18-21(15)5/h8-10,13H,6-7H2,1-5H3,(H,16,19,20). The summed E-state index contributed by atoms with van der Waals surface area (Å²) < 4.78 is 1.81.